The summed E-state index contributed by atoms with van der Waals surface area (Å²) in [5.41, 5.74) is 2.39. The Balaban J connectivity index is 1.52. The van der Waals surface area contributed by atoms with Crippen LogP contribution in [-0.4, -0.2) is 17.1 Å². The standard InChI is InChI=1S/C23H23ClN2O3/c1-17-6-4-8-20(14-17)29-13-5-10-22(27)25-19-11-12-23(28)26(16-19)15-18-7-2-3-9-21(18)24/h2-4,6-9,11-12,14,16H,5,10,13,15H2,1H3,(H,25,27). The van der Waals surface area contributed by atoms with Gasteiger partial charge in [-0.1, -0.05) is 41.9 Å². The van der Waals surface area contributed by atoms with Crippen molar-refractivity contribution in [3.63, 3.8) is 0 Å². The first-order valence-electron chi connectivity index (χ1n) is 9.44. The predicted molar refractivity (Wildman–Crippen MR) is 116 cm³/mol. The summed E-state index contributed by atoms with van der Waals surface area (Å²) < 4.78 is 7.19. The quantitative estimate of drug-likeness (QED) is 0.549. The number of ether oxygens (including phenoxy) is 1. The predicted octanol–water partition coefficient (Wildman–Crippen LogP) is 4.66. The van der Waals surface area contributed by atoms with Crippen LogP contribution in [0.15, 0.2) is 71.7 Å². The van der Waals surface area contributed by atoms with Gasteiger partial charge >= 0.3 is 0 Å². The number of pyridine rings is 1. The lowest BCUT2D eigenvalue weighted by Crippen LogP contribution is -2.21. The van der Waals surface area contributed by atoms with Gasteiger partial charge in [0.25, 0.3) is 5.56 Å². The van der Waals surface area contributed by atoms with Crippen molar-refractivity contribution in [3.8, 4) is 5.75 Å². The first-order chi connectivity index (χ1) is 14.0. The highest BCUT2D eigenvalue weighted by Gasteiger charge is 2.07. The fourth-order valence-electron chi connectivity index (χ4n) is 2.89. The summed E-state index contributed by atoms with van der Waals surface area (Å²) >= 11 is 6.18. The zero-order valence-corrected chi connectivity index (χ0v) is 17.0. The number of benzene rings is 2. The number of aromatic nitrogens is 1. The van der Waals surface area contributed by atoms with Gasteiger partial charge in [0.2, 0.25) is 5.91 Å². The number of carbonyl (C=O) groups excluding carboxylic acids is 1. The summed E-state index contributed by atoms with van der Waals surface area (Å²) in [6.07, 6.45) is 2.56. The second-order valence-corrected chi connectivity index (χ2v) is 7.20. The van der Waals surface area contributed by atoms with Crippen LogP contribution < -0.4 is 15.6 Å². The molecule has 5 nitrogen and oxygen atoms in total. The molecular weight excluding hydrogens is 388 g/mol. The van der Waals surface area contributed by atoms with Crippen molar-refractivity contribution in [3.05, 3.63) is 93.4 Å². The molecule has 1 amide bonds. The zero-order valence-electron chi connectivity index (χ0n) is 16.2. The highest BCUT2D eigenvalue weighted by atomic mass is 35.5. The second-order valence-electron chi connectivity index (χ2n) is 6.79. The van der Waals surface area contributed by atoms with Crippen LogP contribution in [0.4, 0.5) is 5.69 Å². The van der Waals surface area contributed by atoms with Gasteiger partial charge in [-0.3, -0.25) is 9.59 Å². The van der Waals surface area contributed by atoms with Crippen molar-refractivity contribution in [1.82, 2.24) is 4.57 Å². The Morgan fingerprint density at radius 2 is 1.93 bits per heavy atom. The molecule has 0 fully saturated rings. The maximum Gasteiger partial charge on any atom is 0.250 e. The zero-order chi connectivity index (χ0) is 20.6. The van der Waals surface area contributed by atoms with Crippen LogP contribution in [0.3, 0.4) is 0 Å². The molecule has 0 bridgehead atoms. The summed E-state index contributed by atoms with van der Waals surface area (Å²) in [7, 11) is 0. The molecule has 2 aromatic carbocycles. The highest BCUT2D eigenvalue weighted by Crippen LogP contribution is 2.16. The minimum absolute atomic E-state index is 0.124. The smallest absolute Gasteiger partial charge is 0.250 e. The van der Waals surface area contributed by atoms with Crippen LogP contribution >= 0.6 is 11.6 Å². The molecule has 3 aromatic rings. The van der Waals surface area contributed by atoms with Crippen molar-refractivity contribution in [1.29, 1.82) is 0 Å². The van der Waals surface area contributed by atoms with E-state index in [1.165, 1.54) is 10.6 Å². The molecule has 0 aliphatic rings. The average Bonchev–Trinajstić information content (AvgIpc) is 2.70. The first-order valence-corrected chi connectivity index (χ1v) is 9.82. The Morgan fingerprint density at radius 3 is 2.72 bits per heavy atom. The molecule has 0 aliphatic heterocycles. The third-order valence-corrected chi connectivity index (χ3v) is 4.74. The summed E-state index contributed by atoms with van der Waals surface area (Å²) in [4.78, 5) is 24.3. The van der Waals surface area contributed by atoms with Crippen molar-refractivity contribution in [2.75, 3.05) is 11.9 Å². The lowest BCUT2D eigenvalue weighted by molar-refractivity contribution is -0.116. The number of carbonyl (C=O) groups is 1. The van der Waals surface area contributed by atoms with E-state index in [1.807, 2.05) is 49.4 Å². The highest BCUT2D eigenvalue weighted by molar-refractivity contribution is 6.31. The van der Waals surface area contributed by atoms with Gasteiger partial charge in [-0.15, -0.1) is 0 Å². The number of halogens is 1. The minimum Gasteiger partial charge on any atom is -0.494 e. The molecule has 0 saturated carbocycles. The van der Waals surface area contributed by atoms with E-state index in [2.05, 4.69) is 5.32 Å². The summed E-state index contributed by atoms with van der Waals surface area (Å²) in [6.45, 7) is 2.81. The molecule has 1 aromatic heterocycles. The number of hydrogen-bond acceptors (Lipinski definition) is 3. The molecular formula is C23H23ClN2O3. The topological polar surface area (TPSA) is 60.3 Å². The van der Waals surface area contributed by atoms with Crippen LogP contribution in [-0.2, 0) is 11.3 Å². The van der Waals surface area contributed by atoms with Crippen LogP contribution in [0.5, 0.6) is 5.75 Å². The number of amides is 1. The van der Waals surface area contributed by atoms with Gasteiger partial charge in [0.05, 0.1) is 18.8 Å². The molecule has 150 valence electrons. The van der Waals surface area contributed by atoms with Crippen LogP contribution in [0.2, 0.25) is 5.02 Å². The molecule has 0 unspecified atom stereocenters. The molecule has 0 saturated heterocycles. The van der Waals surface area contributed by atoms with Crippen molar-refractivity contribution < 1.29 is 9.53 Å². The van der Waals surface area contributed by atoms with E-state index in [9.17, 15) is 9.59 Å². The van der Waals surface area contributed by atoms with E-state index in [0.29, 0.717) is 36.7 Å². The number of nitrogens with one attached hydrogen (secondary N) is 1. The summed E-state index contributed by atoms with van der Waals surface area (Å²) in [5.74, 6) is 0.679. The van der Waals surface area contributed by atoms with Gasteiger partial charge in [0.1, 0.15) is 5.75 Å². The molecule has 0 atom stereocenters. The molecule has 1 N–H and O–H groups in total. The van der Waals surface area contributed by atoms with Crippen molar-refractivity contribution in [2.24, 2.45) is 0 Å². The summed E-state index contributed by atoms with van der Waals surface area (Å²) in [6, 6.07) is 18.2. The maximum atomic E-state index is 12.2. The Kier molecular flexibility index (Phi) is 7.09. The third-order valence-electron chi connectivity index (χ3n) is 4.37. The fraction of sp³-hybridized carbons (Fsp3) is 0.217. The second kappa shape index (κ2) is 9.94. The normalized spacial score (nSPS) is 10.6. The maximum absolute atomic E-state index is 12.2. The Bertz CT molecular complexity index is 1050. The van der Waals surface area contributed by atoms with Gasteiger partial charge < -0.3 is 14.6 Å². The number of aryl methyl sites for hydroxylation is 1. The average molecular weight is 411 g/mol. The lowest BCUT2D eigenvalue weighted by Gasteiger charge is -2.11. The first kappa shape index (κ1) is 20.7. The van der Waals surface area contributed by atoms with E-state index in [-0.39, 0.29) is 11.5 Å². The Labute approximate surface area is 174 Å². The van der Waals surface area contributed by atoms with E-state index in [4.69, 9.17) is 16.3 Å². The fourth-order valence-corrected chi connectivity index (χ4v) is 3.09. The van der Waals surface area contributed by atoms with Gasteiger partial charge in [-0.25, -0.2) is 0 Å². The molecule has 6 heteroatoms. The Morgan fingerprint density at radius 1 is 1.10 bits per heavy atom. The van der Waals surface area contributed by atoms with Crippen molar-refractivity contribution >= 4 is 23.2 Å². The monoisotopic (exact) mass is 410 g/mol. The number of rotatable bonds is 8. The molecule has 0 aliphatic carbocycles. The molecule has 1 heterocycles. The largest absolute Gasteiger partial charge is 0.494 e. The summed E-state index contributed by atoms with van der Waals surface area (Å²) in [5, 5.41) is 3.43. The van der Waals surface area contributed by atoms with Gasteiger partial charge in [0, 0.05) is 23.7 Å². The number of hydrogen-bond donors (Lipinski definition) is 1. The number of nitrogens with zero attached hydrogens (tertiary/aromatic N) is 1. The van der Waals surface area contributed by atoms with E-state index in [0.717, 1.165) is 16.9 Å². The molecule has 3 rings (SSSR count). The molecule has 0 spiro atoms. The van der Waals surface area contributed by atoms with Gasteiger partial charge in [-0.05, 0) is 48.7 Å². The third kappa shape index (κ3) is 6.22. The van der Waals surface area contributed by atoms with Gasteiger partial charge in [-0.2, -0.15) is 0 Å². The van der Waals surface area contributed by atoms with Crippen molar-refractivity contribution in [2.45, 2.75) is 26.3 Å². The lowest BCUT2D eigenvalue weighted by atomic mass is 10.2. The van der Waals surface area contributed by atoms with E-state index < -0.39 is 0 Å². The van der Waals surface area contributed by atoms with E-state index in [1.54, 1.807) is 18.3 Å². The van der Waals surface area contributed by atoms with Crippen LogP contribution in [0.25, 0.3) is 0 Å². The molecule has 29 heavy (non-hydrogen) atoms. The van der Waals surface area contributed by atoms with Crippen LogP contribution in [0, 0.1) is 6.92 Å². The molecule has 0 radical (unpaired) electrons. The van der Waals surface area contributed by atoms with E-state index >= 15 is 0 Å². The minimum atomic E-state index is -0.158. The Hall–Kier alpha value is -3.05. The van der Waals surface area contributed by atoms with Gasteiger partial charge in [0.15, 0.2) is 0 Å². The van der Waals surface area contributed by atoms with Crippen LogP contribution in [0.1, 0.15) is 24.0 Å². The number of anilines is 1. The SMILES string of the molecule is Cc1cccc(OCCCC(=O)Nc2ccc(=O)n(Cc3ccccc3Cl)c2)c1.